The van der Waals surface area contributed by atoms with E-state index in [1.165, 1.54) is 18.4 Å². The number of nitrogens with one attached hydrogen (secondary N) is 2. The molecule has 0 radical (unpaired) electrons. The van der Waals surface area contributed by atoms with Crippen LogP contribution in [-0.4, -0.2) is 75.4 Å². The number of aromatic nitrogens is 1. The van der Waals surface area contributed by atoms with E-state index in [9.17, 15) is 24.6 Å². The van der Waals surface area contributed by atoms with E-state index in [2.05, 4.69) is 15.6 Å². The second kappa shape index (κ2) is 12.4. The minimum atomic E-state index is -1.58. The fourth-order valence-electron chi connectivity index (χ4n) is 3.49. The number of ether oxygens (including phenoxy) is 1. The van der Waals surface area contributed by atoms with Gasteiger partial charge in [-0.05, 0) is 32.8 Å². The van der Waals surface area contributed by atoms with Crippen molar-refractivity contribution in [3.8, 4) is 0 Å². The number of hydrogen-bond acceptors (Lipinski definition) is 7. The van der Waals surface area contributed by atoms with Gasteiger partial charge in [0.05, 0.1) is 19.2 Å². The van der Waals surface area contributed by atoms with Crippen LogP contribution >= 0.6 is 11.3 Å². The van der Waals surface area contributed by atoms with Gasteiger partial charge in [0.2, 0.25) is 5.91 Å². The minimum Gasteiger partial charge on any atom is -0.465 e. The molecule has 1 heterocycles. The number of benzene rings is 1. The van der Waals surface area contributed by atoms with Crippen molar-refractivity contribution in [3.63, 3.8) is 0 Å². The first-order valence-electron chi connectivity index (χ1n) is 10.7. The fraction of sp³-hybridized carbons (Fsp3) is 0.478. The van der Waals surface area contributed by atoms with E-state index in [0.717, 1.165) is 10.5 Å². The van der Waals surface area contributed by atoms with Gasteiger partial charge in [-0.15, -0.1) is 11.3 Å². The number of nitrogens with zero attached hydrogens (tertiary/aromatic N) is 2. The Bertz CT molecular complexity index is 933. The van der Waals surface area contributed by atoms with Gasteiger partial charge >= 0.3 is 6.09 Å². The molecular formula is C23H32N4O6S. The number of methoxy groups -OCH3 is 1. The maximum absolute atomic E-state index is 13.3. The van der Waals surface area contributed by atoms with Gasteiger partial charge < -0.3 is 25.6 Å². The average Bonchev–Trinajstić information content (AvgIpc) is 3.29. The summed E-state index contributed by atoms with van der Waals surface area (Å²) in [4.78, 5) is 43.0. The zero-order valence-corrected chi connectivity index (χ0v) is 20.5. The standard InChI is InChI=1S/C23H32N4O6S/c1-23(2,3)27(22(31)32)17(14-33-4)20(29)26-16(12-15-8-6-5-7-9-15)19(28)21(30)25-13-18-24-10-11-34-18/h5-11,16-17,19,28H,12-14H2,1-4H3,(H,25,30)(H,26,29)(H,31,32)/t16-,17?,19+/m1/s1. The molecule has 3 atom stereocenters. The fourth-order valence-corrected chi connectivity index (χ4v) is 4.05. The van der Waals surface area contributed by atoms with Crippen molar-refractivity contribution in [1.82, 2.24) is 20.5 Å². The second-order valence-corrected chi connectivity index (χ2v) is 9.67. The number of carbonyl (C=O) groups is 3. The van der Waals surface area contributed by atoms with Crippen LogP contribution in [0.15, 0.2) is 41.9 Å². The van der Waals surface area contributed by atoms with Crippen molar-refractivity contribution in [2.45, 2.75) is 57.5 Å². The maximum Gasteiger partial charge on any atom is 0.408 e. The second-order valence-electron chi connectivity index (χ2n) is 8.69. The first-order chi connectivity index (χ1) is 16.0. The molecule has 1 aromatic heterocycles. The van der Waals surface area contributed by atoms with Crippen molar-refractivity contribution in [1.29, 1.82) is 0 Å². The van der Waals surface area contributed by atoms with Gasteiger partial charge in [0.15, 0.2) is 6.10 Å². The summed E-state index contributed by atoms with van der Waals surface area (Å²) in [6.07, 6.45) is -1.10. The highest BCUT2D eigenvalue weighted by Gasteiger charge is 2.39. The molecular weight excluding hydrogens is 460 g/mol. The van der Waals surface area contributed by atoms with E-state index < -0.39 is 41.6 Å². The molecule has 34 heavy (non-hydrogen) atoms. The van der Waals surface area contributed by atoms with E-state index in [-0.39, 0.29) is 19.6 Å². The maximum atomic E-state index is 13.3. The Kier molecular flexibility index (Phi) is 9.97. The first kappa shape index (κ1) is 27.2. The Morgan fingerprint density at radius 2 is 1.85 bits per heavy atom. The number of thiazole rings is 1. The molecule has 2 rings (SSSR count). The average molecular weight is 493 g/mol. The molecule has 0 aliphatic carbocycles. The van der Waals surface area contributed by atoms with Crippen LogP contribution in [0, 0.1) is 0 Å². The molecule has 2 aromatic rings. The highest BCUT2D eigenvalue weighted by atomic mass is 32.1. The van der Waals surface area contributed by atoms with E-state index in [1.807, 2.05) is 30.3 Å². The Labute approximate surface area is 203 Å². The summed E-state index contributed by atoms with van der Waals surface area (Å²) in [7, 11) is 1.37. The number of amides is 3. The lowest BCUT2D eigenvalue weighted by molar-refractivity contribution is -0.135. The summed E-state index contributed by atoms with van der Waals surface area (Å²) < 4.78 is 5.13. The zero-order valence-electron chi connectivity index (χ0n) is 19.7. The molecule has 0 saturated heterocycles. The summed E-state index contributed by atoms with van der Waals surface area (Å²) in [5.74, 6) is -1.35. The largest absolute Gasteiger partial charge is 0.465 e. The molecule has 0 fully saturated rings. The zero-order chi connectivity index (χ0) is 25.3. The highest BCUT2D eigenvalue weighted by Crippen LogP contribution is 2.19. The topological polar surface area (TPSA) is 141 Å². The van der Waals surface area contributed by atoms with Gasteiger partial charge in [-0.3, -0.25) is 14.5 Å². The van der Waals surface area contributed by atoms with E-state index in [4.69, 9.17) is 4.74 Å². The van der Waals surface area contributed by atoms with Crippen LogP contribution in [0.5, 0.6) is 0 Å². The van der Waals surface area contributed by atoms with E-state index in [1.54, 1.807) is 32.3 Å². The number of aliphatic hydroxyl groups excluding tert-OH is 1. The monoisotopic (exact) mass is 492 g/mol. The third kappa shape index (κ3) is 7.79. The lowest BCUT2D eigenvalue weighted by atomic mass is 9.99. The predicted molar refractivity (Wildman–Crippen MR) is 127 cm³/mol. The van der Waals surface area contributed by atoms with Gasteiger partial charge in [-0.1, -0.05) is 30.3 Å². The molecule has 0 spiro atoms. The first-order valence-corrected chi connectivity index (χ1v) is 11.6. The molecule has 1 aromatic carbocycles. The molecule has 11 heteroatoms. The van der Waals surface area contributed by atoms with Gasteiger partial charge in [0.1, 0.15) is 11.0 Å². The van der Waals surface area contributed by atoms with Gasteiger partial charge in [-0.25, -0.2) is 9.78 Å². The summed E-state index contributed by atoms with van der Waals surface area (Å²) >= 11 is 1.36. The van der Waals surface area contributed by atoms with Crippen LogP contribution in [0.1, 0.15) is 31.3 Å². The minimum absolute atomic E-state index is 0.142. The van der Waals surface area contributed by atoms with Crippen LogP contribution < -0.4 is 10.6 Å². The molecule has 3 amide bonds. The summed E-state index contributed by atoms with van der Waals surface area (Å²) in [6, 6.07) is 6.87. The van der Waals surface area contributed by atoms with Crippen molar-refractivity contribution in [2.75, 3.05) is 13.7 Å². The van der Waals surface area contributed by atoms with Crippen LogP contribution in [0.3, 0.4) is 0 Å². The molecule has 1 unspecified atom stereocenters. The molecule has 0 bridgehead atoms. The smallest absolute Gasteiger partial charge is 0.408 e. The van der Waals surface area contributed by atoms with Crippen LogP contribution in [-0.2, 0) is 27.3 Å². The lowest BCUT2D eigenvalue weighted by Gasteiger charge is -2.39. The van der Waals surface area contributed by atoms with Gasteiger partial charge in [0.25, 0.3) is 5.91 Å². The van der Waals surface area contributed by atoms with Crippen molar-refractivity contribution in [3.05, 3.63) is 52.5 Å². The van der Waals surface area contributed by atoms with Crippen LogP contribution in [0.4, 0.5) is 4.79 Å². The predicted octanol–water partition coefficient (Wildman–Crippen LogP) is 1.64. The molecule has 4 N–H and O–H groups in total. The third-order valence-corrected chi connectivity index (χ3v) is 5.82. The van der Waals surface area contributed by atoms with E-state index >= 15 is 0 Å². The van der Waals surface area contributed by atoms with Crippen molar-refractivity contribution >= 4 is 29.2 Å². The number of aliphatic hydroxyl groups is 1. The SMILES string of the molecule is COCC(C(=O)N[C@H](Cc1ccccc1)[C@H](O)C(=O)NCc1nccs1)N(C(=O)O)C(C)(C)C. The Morgan fingerprint density at radius 3 is 2.38 bits per heavy atom. The van der Waals surface area contributed by atoms with Crippen LogP contribution in [0.25, 0.3) is 0 Å². The Morgan fingerprint density at radius 1 is 1.18 bits per heavy atom. The van der Waals surface area contributed by atoms with Gasteiger partial charge in [0, 0.05) is 24.2 Å². The quantitative estimate of drug-likeness (QED) is 0.374. The Balaban J connectivity index is 2.25. The normalized spacial score (nSPS) is 14.0. The molecule has 0 aliphatic rings. The molecule has 0 aliphatic heterocycles. The highest BCUT2D eigenvalue weighted by molar-refractivity contribution is 7.09. The molecule has 186 valence electrons. The van der Waals surface area contributed by atoms with Crippen molar-refractivity contribution < 1.29 is 29.3 Å². The molecule has 0 saturated carbocycles. The summed E-state index contributed by atoms with van der Waals surface area (Å²) in [5, 5.41) is 28.3. The number of rotatable bonds is 11. The number of hydrogen-bond donors (Lipinski definition) is 4. The Hall–Kier alpha value is -3.02. The van der Waals surface area contributed by atoms with Gasteiger partial charge in [-0.2, -0.15) is 0 Å². The summed E-state index contributed by atoms with van der Waals surface area (Å²) in [5.41, 5.74) is -0.112. The lowest BCUT2D eigenvalue weighted by Crippen LogP contribution is -2.61. The van der Waals surface area contributed by atoms with Crippen molar-refractivity contribution in [2.24, 2.45) is 0 Å². The number of carbonyl (C=O) groups excluding carboxylic acids is 2. The number of carboxylic acid groups (broad SMARTS) is 1. The summed E-state index contributed by atoms with van der Waals surface area (Å²) in [6.45, 7) is 4.95. The van der Waals surface area contributed by atoms with Crippen LogP contribution in [0.2, 0.25) is 0 Å². The molecule has 10 nitrogen and oxygen atoms in total. The van der Waals surface area contributed by atoms with E-state index in [0.29, 0.717) is 5.01 Å². The third-order valence-electron chi connectivity index (χ3n) is 5.04.